The number of hydrogen-bond donors (Lipinski definition) is 3. The fourth-order valence-corrected chi connectivity index (χ4v) is 3.32. The number of nitrogens with zero attached hydrogens (tertiary/aromatic N) is 1. The Morgan fingerprint density at radius 3 is 2.65 bits per heavy atom. The number of guanidine groups is 1. The zero-order chi connectivity index (χ0) is 16.8. The van der Waals surface area contributed by atoms with Gasteiger partial charge in [0.25, 0.3) is 5.91 Å². The Morgan fingerprint density at radius 2 is 2.04 bits per heavy atom. The van der Waals surface area contributed by atoms with Crippen molar-refractivity contribution >= 4 is 17.8 Å². The molecule has 23 heavy (non-hydrogen) atoms. The fraction of sp³-hybridized carbons (Fsp3) is 0.471. The molecule has 0 bridgehead atoms. The van der Waals surface area contributed by atoms with Crippen molar-refractivity contribution in [3.05, 3.63) is 35.4 Å². The van der Waals surface area contributed by atoms with Gasteiger partial charge in [-0.2, -0.15) is 0 Å². The van der Waals surface area contributed by atoms with Crippen LogP contribution in [0.2, 0.25) is 0 Å². The predicted molar refractivity (Wildman–Crippen MR) is 86.8 cm³/mol. The van der Waals surface area contributed by atoms with Crippen LogP contribution in [-0.2, 0) is 4.79 Å². The predicted octanol–water partition coefficient (Wildman–Crippen LogP) is 1.63. The molecule has 2 aliphatic rings. The fourth-order valence-electron chi connectivity index (χ4n) is 3.32. The van der Waals surface area contributed by atoms with Crippen molar-refractivity contribution in [3.8, 4) is 0 Å². The molecule has 1 heterocycles. The molecule has 4 N–H and O–H groups in total. The van der Waals surface area contributed by atoms with Crippen molar-refractivity contribution in [1.82, 2.24) is 10.2 Å². The summed E-state index contributed by atoms with van der Waals surface area (Å²) in [6, 6.07) is 7.12. The second-order valence-electron chi connectivity index (χ2n) is 6.98. The standard InChI is InChI=1S/C17H22N4O2/c1-17(2,15(23)20-16(18)19)13-11-5-3-4-6-12(11)14(22)21(13)9-10-7-8-10/h3-6,10,13H,7-9H2,1-2H3,(H4,18,19,20,23). The van der Waals surface area contributed by atoms with Crippen LogP contribution in [0.25, 0.3) is 0 Å². The van der Waals surface area contributed by atoms with E-state index >= 15 is 0 Å². The van der Waals surface area contributed by atoms with Gasteiger partial charge >= 0.3 is 0 Å². The monoisotopic (exact) mass is 314 g/mol. The van der Waals surface area contributed by atoms with Gasteiger partial charge in [-0.05, 0) is 44.2 Å². The molecule has 122 valence electrons. The highest BCUT2D eigenvalue weighted by Crippen LogP contribution is 2.47. The third-order valence-electron chi connectivity index (χ3n) is 4.73. The van der Waals surface area contributed by atoms with E-state index in [1.807, 2.05) is 29.2 Å². The molecule has 0 aromatic heterocycles. The molecule has 0 spiro atoms. The third kappa shape index (κ3) is 2.69. The lowest BCUT2D eigenvalue weighted by atomic mass is 9.79. The number of carbonyl (C=O) groups is 2. The maximum atomic E-state index is 12.8. The zero-order valence-electron chi connectivity index (χ0n) is 13.4. The summed E-state index contributed by atoms with van der Waals surface area (Å²) >= 11 is 0. The van der Waals surface area contributed by atoms with Crippen LogP contribution in [0.15, 0.2) is 24.3 Å². The lowest BCUT2D eigenvalue weighted by Crippen LogP contribution is -2.49. The summed E-state index contributed by atoms with van der Waals surface area (Å²) in [6.45, 7) is 4.27. The Bertz CT molecular complexity index is 679. The number of nitrogens with one attached hydrogen (secondary N) is 2. The van der Waals surface area contributed by atoms with E-state index in [0.717, 1.165) is 18.4 Å². The summed E-state index contributed by atoms with van der Waals surface area (Å²) in [7, 11) is 0. The molecule has 1 fully saturated rings. The molecule has 1 aromatic carbocycles. The SMILES string of the molecule is CC(C)(C(=O)NC(=N)N)C1c2ccccc2C(=O)N1CC1CC1. The van der Waals surface area contributed by atoms with Crippen molar-refractivity contribution in [2.75, 3.05) is 6.54 Å². The minimum Gasteiger partial charge on any atom is -0.370 e. The lowest BCUT2D eigenvalue weighted by molar-refractivity contribution is -0.131. The topological polar surface area (TPSA) is 99.3 Å². The van der Waals surface area contributed by atoms with E-state index in [9.17, 15) is 9.59 Å². The molecule has 1 aliphatic heterocycles. The molecule has 2 amide bonds. The van der Waals surface area contributed by atoms with E-state index in [1.165, 1.54) is 0 Å². The summed E-state index contributed by atoms with van der Waals surface area (Å²) < 4.78 is 0. The first-order chi connectivity index (χ1) is 10.8. The number of hydrogen-bond acceptors (Lipinski definition) is 3. The lowest BCUT2D eigenvalue weighted by Gasteiger charge is -2.37. The van der Waals surface area contributed by atoms with Crippen molar-refractivity contribution in [2.45, 2.75) is 32.7 Å². The minimum absolute atomic E-state index is 0.0128. The Kier molecular flexibility index (Phi) is 3.62. The number of benzene rings is 1. The van der Waals surface area contributed by atoms with Gasteiger partial charge in [0.1, 0.15) is 0 Å². The molecule has 1 atom stereocenters. The van der Waals surface area contributed by atoms with Gasteiger partial charge in [0.15, 0.2) is 5.96 Å². The highest BCUT2D eigenvalue weighted by atomic mass is 16.2. The number of fused-ring (bicyclic) bond motifs is 1. The Labute approximate surface area is 135 Å². The zero-order valence-corrected chi connectivity index (χ0v) is 13.4. The minimum atomic E-state index is -0.886. The highest BCUT2D eigenvalue weighted by molar-refractivity contribution is 6.02. The quantitative estimate of drug-likeness (QED) is 0.582. The molecule has 6 heteroatoms. The van der Waals surface area contributed by atoms with Gasteiger partial charge in [0.2, 0.25) is 5.91 Å². The van der Waals surface area contributed by atoms with Gasteiger partial charge < -0.3 is 10.6 Å². The summed E-state index contributed by atoms with van der Waals surface area (Å²) in [4.78, 5) is 27.2. The molecule has 3 rings (SSSR count). The van der Waals surface area contributed by atoms with Crippen molar-refractivity contribution in [2.24, 2.45) is 17.1 Å². The van der Waals surface area contributed by atoms with Gasteiger partial charge in [-0.15, -0.1) is 0 Å². The molecule has 0 radical (unpaired) electrons. The average molecular weight is 314 g/mol. The van der Waals surface area contributed by atoms with Gasteiger partial charge in [0, 0.05) is 12.1 Å². The van der Waals surface area contributed by atoms with Gasteiger partial charge in [-0.25, -0.2) is 0 Å². The first kappa shape index (κ1) is 15.5. The van der Waals surface area contributed by atoms with E-state index in [4.69, 9.17) is 11.1 Å². The van der Waals surface area contributed by atoms with Crippen LogP contribution < -0.4 is 11.1 Å². The summed E-state index contributed by atoms with van der Waals surface area (Å²) in [5.74, 6) is -0.210. The maximum absolute atomic E-state index is 12.8. The van der Waals surface area contributed by atoms with Crippen LogP contribution in [0.1, 0.15) is 48.7 Å². The second-order valence-corrected chi connectivity index (χ2v) is 6.98. The van der Waals surface area contributed by atoms with Crippen LogP contribution >= 0.6 is 0 Å². The number of nitrogens with two attached hydrogens (primary N) is 1. The number of rotatable bonds is 4. The Hall–Kier alpha value is -2.37. The molecule has 1 aliphatic carbocycles. The molecule has 1 saturated carbocycles. The van der Waals surface area contributed by atoms with Crippen LogP contribution in [0, 0.1) is 16.7 Å². The largest absolute Gasteiger partial charge is 0.370 e. The first-order valence-corrected chi connectivity index (χ1v) is 7.87. The number of carbonyl (C=O) groups excluding carboxylic acids is 2. The van der Waals surface area contributed by atoms with Crippen molar-refractivity contribution in [1.29, 1.82) is 5.41 Å². The van der Waals surface area contributed by atoms with E-state index in [-0.39, 0.29) is 23.8 Å². The van der Waals surface area contributed by atoms with E-state index in [1.54, 1.807) is 13.8 Å². The van der Waals surface area contributed by atoms with Crippen LogP contribution in [0.5, 0.6) is 0 Å². The van der Waals surface area contributed by atoms with Crippen molar-refractivity contribution in [3.63, 3.8) is 0 Å². The van der Waals surface area contributed by atoms with Crippen LogP contribution in [0.4, 0.5) is 0 Å². The normalized spacial score (nSPS) is 20.3. The molecular weight excluding hydrogens is 292 g/mol. The van der Waals surface area contributed by atoms with E-state index < -0.39 is 5.41 Å². The average Bonchev–Trinajstić information content (AvgIpc) is 3.24. The van der Waals surface area contributed by atoms with Gasteiger partial charge in [-0.3, -0.25) is 20.3 Å². The van der Waals surface area contributed by atoms with E-state index in [0.29, 0.717) is 18.0 Å². The smallest absolute Gasteiger partial charge is 0.254 e. The van der Waals surface area contributed by atoms with Crippen LogP contribution in [-0.4, -0.2) is 29.2 Å². The van der Waals surface area contributed by atoms with Crippen LogP contribution in [0.3, 0.4) is 0 Å². The summed E-state index contributed by atoms with van der Waals surface area (Å²) in [6.07, 6.45) is 2.26. The molecule has 0 saturated heterocycles. The molecule has 6 nitrogen and oxygen atoms in total. The number of amides is 2. The summed E-state index contributed by atoms with van der Waals surface area (Å²) in [5.41, 5.74) is 5.97. The Morgan fingerprint density at radius 1 is 1.39 bits per heavy atom. The summed E-state index contributed by atoms with van der Waals surface area (Å²) in [5, 5.41) is 9.68. The third-order valence-corrected chi connectivity index (χ3v) is 4.73. The van der Waals surface area contributed by atoms with Gasteiger partial charge in [0.05, 0.1) is 11.5 Å². The second kappa shape index (κ2) is 5.37. The first-order valence-electron chi connectivity index (χ1n) is 7.87. The van der Waals surface area contributed by atoms with Crippen molar-refractivity contribution < 1.29 is 9.59 Å². The molecular formula is C17H22N4O2. The van der Waals surface area contributed by atoms with E-state index in [2.05, 4.69) is 5.32 Å². The molecule has 1 unspecified atom stereocenters. The Balaban J connectivity index is 1.99. The maximum Gasteiger partial charge on any atom is 0.254 e. The highest BCUT2D eigenvalue weighted by Gasteiger charge is 2.49. The molecule has 1 aromatic rings. The van der Waals surface area contributed by atoms with Gasteiger partial charge in [-0.1, -0.05) is 18.2 Å².